The molecule has 0 radical (unpaired) electrons. The Morgan fingerprint density at radius 2 is 2.20 bits per heavy atom. The van der Waals surface area contributed by atoms with E-state index in [0.717, 1.165) is 49.9 Å². The van der Waals surface area contributed by atoms with Crippen LogP contribution < -0.4 is 5.73 Å². The summed E-state index contributed by atoms with van der Waals surface area (Å²) in [5, 5.41) is 7.22. The molecule has 1 aliphatic carbocycles. The largest absolute Gasteiger partial charge is 0.330 e. The maximum Gasteiger partial charge on any atom is 0.133 e. The maximum absolute atomic E-state index is 14.6. The minimum Gasteiger partial charge on any atom is -0.330 e. The molecule has 0 fully saturated rings. The van der Waals surface area contributed by atoms with E-state index in [2.05, 4.69) is 25.3 Å². The van der Waals surface area contributed by atoms with Gasteiger partial charge in [0.25, 0.3) is 0 Å². The van der Waals surface area contributed by atoms with Crippen LogP contribution in [0.4, 0.5) is 8.78 Å². The summed E-state index contributed by atoms with van der Waals surface area (Å²) in [6, 6.07) is 3.49. The zero-order valence-corrected chi connectivity index (χ0v) is 18.2. The van der Waals surface area contributed by atoms with Gasteiger partial charge in [0.05, 0.1) is 0 Å². The molecule has 1 spiro atoms. The van der Waals surface area contributed by atoms with Crippen LogP contribution in [-0.4, -0.2) is 21.5 Å². The van der Waals surface area contributed by atoms with Crippen molar-refractivity contribution in [2.45, 2.75) is 43.9 Å². The number of allylic oxidation sites excluding steroid dienone is 4. The number of nitrogens with two attached hydrogens (primary N) is 1. The van der Waals surface area contributed by atoms with Crippen LogP contribution in [0.15, 0.2) is 72.0 Å². The molecule has 2 atom stereocenters. The van der Waals surface area contributed by atoms with Gasteiger partial charge in [-0.15, -0.1) is 0 Å². The van der Waals surface area contributed by atoms with Crippen molar-refractivity contribution >= 4 is 16.8 Å². The Balaban J connectivity index is 2.04. The molecule has 2 aliphatic rings. The van der Waals surface area contributed by atoms with Crippen molar-refractivity contribution in [3.63, 3.8) is 0 Å². The van der Waals surface area contributed by atoms with Gasteiger partial charge in [-0.2, -0.15) is 5.10 Å². The highest BCUT2D eigenvalue weighted by Crippen LogP contribution is 2.53. The van der Waals surface area contributed by atoms with Crippen LogP contribution in [-0.2, 0) is 0 Å². The summed E-state index contributed by atoms with van der Waals surface area (Å²) in [6.07, 6.45) is 12.4. The van der Waals surface area contributed by atoms with Crippen molar-refractivity contribution in [3.05, 3.63) is 84.1 Å². The van der Waals surface area contributed by atoms with Gasteiger partial charge < -0.3 is 5.73 Å². The lowest BCUT2D eigenvalue weighted by molar-refractivity contribution is 0.182. The first kappa shape index (κ1) is 22.5. The van der Waals surface area contributed by atoms with Gasteiger partial charge in [0.15, 0.2) is 0 Å². The summed E-state index contributed by atoms with van der Waals surface area (Å²) in [5.41, 5.74) is 7.89. The van der Waals surface area contributed by atoms with Crippen LogP contribution in [0, 0.1) is 17.6 Å². The molecular weight excluding hydrogens is 400 g/mol. The second-order valence-corrected chi connectivity index (χ2v) is 8.90. The summed E-state index contributed by atoms with van der Waals surface area (Å²) in [7, 11) is 0. The molecular formula is C24H29F2N3S. The highest BCUT2D eigenvalue weighted by molar-refractivity contribution is 8.15. The number of hydrogen-bond acceptors (Lipinski definition) is 4. The Labute approximate surface area is 182 Å². The third-order valence-corrected chi connectivity index (χ3v) is 7.05. The average molecular weight is 430 g/mol. The highest BCUT2D eigenvalue weighted by atomic mass is 32.2. The van der Waals surface area contributed by atoms with Crippen LogP contribution in [0.1, 0.15) is 44.6 Å². The van der Waals surface area contributed by atoms with Crippen molar-refractivity contribution in [2.24, 2.45) is 16.8 Å². The van der Waals surface area contributed by atoms with E-state index < -0.39 is 16.5 Å². The summed E-state index contributed by atoms with van der Waals surface area (Å²) < 4.78 is 28.4. The second kappa shape index (κ2) is 9.75. The fraction of sp³-hybridized carbons (Fsp3) is 0.375. The Hall–Kier alpha value is -2.18. The third kappa shape index (κ3) is 4.44. The molecule has 1 heterocycles. The average Bonchev–Trinajstić information content (AvgIpc) is 3.12. The van der Waals surface area contributed by atoms with Gasteiger partial charge in [0, 0.05) is 17.2 Å². The quantitative estimate of drug-likeness (QED) is 0.400. The second-order valence-electron chi connectivity index (χ2n) is 7.60. The Kier molecular flexibility index (Phi) is 7.32. The monoisotopic (exact) mass is 429 g/mol. The van der Waals surface area contributed by atoms with Gasteiger partial charge in [-0.1, -0.05) is 54.8 Å². The summed E-state index contributed by atoms with van der Waals surface area (Å²) in [4.78, 5) is -0.465. The van der Waals surface area contributed by atoms with Gasteiger partial charge >= 0.3 is 0 Å². The fourth-order valence-electron chi connectivity index (χ4n) is 3.98. The molecule has 0 amide bonds. The van der Waals surface area contributed by atoms with E-state index in [1.165, 1.54) is 23.4 Å². The van der Waals surface area contributed by atoms with Gasteiger partial charge in [0.1, 0.15) is 21.5 Å². The fourth-order valence-corrected chi connectivity index (χ4v) is 5.45. The number of thioether (sulfide) groups is 1. The molecule has 0 saturated carbocycles. The van der Waals surface area contributed by atoms with Crippen molar-refractivity contribution in [2.75, 3.05) is 6.54 Å². The van der Waals surface area contributed by atoms with Crippen LogP contribution in [0.25, 0.3) is 0 Å². The molecule has 30 heavy (non-hydrogen) atoms. The van der Waals surface area contributed by atoms with E-state index >= 15 is 0 Å². The SMILES string of the molecule is C=CC1=CC(/C=C\C)C2(CC1)SC(c1cc(F)ccc1F)=NN2C(=C)CCCCN. The van der Waals surface area contributed by atoms with Crippen LogP contribution in [0.5, 0.6) is 0 Å². The molecule has 160 valence electrons. The first-order valence-electron chi connectivity index (χ1n) is 10.3. The number of benzene rings is 1. The van der Waals surface area contributed by atoms with Crippen LogP contribution in [0.2, 0.25) is 0 Å². The van der Waals surface area contributed by atoms with Crippen molar-refractivity contribution in [1.29, 1.82) is 0 Å². The highest BCUT2D eigenvalue weighted by Gasteiger charge is 2.50. The molecule has 2 N–H and O–H groups in total. The van der Waals surface area contributed by atoms with Crippen LogP contribution >= 0.6 is 11.8 Å². The molecule has 1 aromatic rings. The lowest BCUT2D eigenvalue weighted by Crippen LogP contribution is -2.46. The van der Waals surface area contributed by atoms with Gasteiger partial charge in [-0.05, 0) is 63.8 Å². The molecule has 1 aromatic carbocycles. The Morgan fingerprint density at radius 3 is 2.90 bits per heavy atom. The first-order chi connectivity index (χ1) is 14.4. The molecule has 2 unspecified atom stereocenters. The summed E-state index contributed by atoms with van der Waals surface area (Å²) >= 11 is 1.50. The number of hydrazone groups is 1. The molecule has 3 rings (SSSR count). The van der Waals surface area contributed by atoms with Gasteiger partial charge in [0.2, 0.25) is 0 Å². The Morgan fingerprint density at radius 1 is 1.40 bits per heavy atom. The number of halogens is 2. The number of unbranched alkanes of at least 4 members (excludes halogenated alkanes) is 1. The summed E-state index contributed by atoms with van der Waals surface area (Å²) in [5.74, 6) is -0.932. The summed E-state index contributed by atoms with van der Waals surface area (Å²) in [6.45, 7) is 10.8. The standard InChI is InChI=1S/C24H29F2N3S/c1-4-8-19-15-18(5-2)12-13-24(19)29(17(3)9-6-7-14-27)28-23(30-24)21-16-20(25)10-11-22(21)26/h4-5,8,10-11,15-16,19H,2-3,6-7,9,12-14,27H2,1H3/b8-4-. The van der Waals surface area contributed by atoms with Crippen molar-refractivity contribution in [3.8, 4) is 0 Å². The predicted molar refractivity (Wildman–Crippen MR) is 123 cm³/mol. The molecule has 0 aromatic heterocycles. The smallest absolute Gasteiger partial charge is 0.133 e. The lowest BCUT2D eigenvalue weighted by atomic mass is 9.84. The maximum atomic E-state index is 14.6. The van der Waals surface area contributed by atoms with E-state index in [1.807, 2.05) is 24.1 Å². The van der Waals surface area contributed by atoms with Crippen molar-refractivity contribution < 1.29 is 8.78 Å². The van der Waals surface area contributed by atoms with Gasteiger partial charge in [-0.25, -0.2) is 8.78 Å². The Bertz CT molecular complexity index is 906. The lowest BCUT2D eigenvalue weighted by Gasteiger charge is -2.44. The predicted octanol–water partition coefficient (Wildman–Crippen LogP) is 6.11. The molecule has 0 bridgehead atoms. The van der Waals surface area contributed by atoms with E-state index in [4.69, 9.17) is 10.8 Å². The van der Waals surface area contributed by atoms with Gasteiger partial charge in [-0.3, -0.25) is 5.01 Å². The molecule has 1 aliphatic heterocycles. The normalized spacial score (nSPS) is 23.7. The third-order valence-electron chi connectivity index (χ3n) is 5.55. The number of hydrogen-bond donors (Lipinski definition) is 1. The zero-order chi connectivity index (χ0) is 21.7. The van der Waals surface area contributed by atoms with Crippen LogP contribution in [0.3, 0.4) is 0 Å². The van der Waals surface area contributed by atoms with E-state index in [0.29, 0.717) is 11.6 Å². The molecule has 6 heteroatoms. The van der Waals surface area contributed by atoms with E-state index in [1.54, 1.807) is 0 Å². The number of rotatable bonds is 8. The number of nitrogens with zero attached hydrogens (tertiary/aromatic N) is 2. The minimum atomic E-state index is -0.480. The first-order valence-corrected chi connectivity index (χ1v) is 11.1. The minimum absolute atomic E-state index is 0.0263. The van der Waals surface area contributed by atoms with E-state index in [-0.39, 0.29) is 11.5 Å². The van der Waals surface area contributed by atoms with E-state index in [9.17, 15) is 8.78 Å². The van der Waals surface area contributed by atoms with Crippen molar-refractivity contribution in [1.82, 2.24) is 5.01 Å². The topological polar surface area (TPSA) is 41.6 Å². The zero-order valence-electron chi connectivity index (χ0n) is 17.4. The molecule has 3 nitrogen and oxygen atoms in total. The molecule has 0 saturated heterocycles.